The predicted octanol–water partition coefficient (Wildman–Crippen LogP) is 3.65. The number of thiophene rings is 1. The predicted molar refractivity (Wildman–Crippen MR) is 115 cm³/mol. The van der Waals surface area contributed by atoms with Gasteiger partial charge in [-0.05, 0) is 47.0 Å². The molecule has 1 aromatic carbocycles. The second kappa shape index (κ2) is 13.0. The molecule has 7 heteroatoms. The van der Waals surface area contributed by atoms with Crippen molar-refractivity contribution < 1.29 is 9.47 Å². The van der Waals surface area contributed by atoms with Crippen LogP contribution in [0.3, 0.4) is 0 Å². The molecule has 0 aliphatic heterocycles. The molecule has 25 heavy (non-hydrogen) atoms. The molecule has 0 unspecified atom stereocenters. The molecule has 0 amide bonds. The molecule has 0 saturated carbocycles. The number of rotatable bonds is 9. The highest BCUT2D eigenvalue weighted by atomic mass is 127. The van der Waals surface area contributed by atoms with E-state index in [0.29, 0.717) is 26.3 Å². The smallest absolute Gasteiger partial charge is 0.191 e. The number of methoxy groups -OCH3 is 1. The zero-order valence-electron chi connectivity index (χ0n) is 14.7. The summed E-state index contributed by atoms with van der Waals surface area (Å²) < 4.78 is 10.5. The number of ether oxygens (including phenoxy) is 2. The lowest BCUT2D eigenvalue weighted by Crippen LogP contribution is -2.36. The van der Waals surface area contributed by atoms with E-state index in [2.05, 4.69) is 51.5 Å². The molecule has 0 spiro atoms. The van der Waals surface area contributed by atoms with E-state index in [1.807, 2.05) is 12.1 Å². The van der Waals surface area contributed by atoms with Crippen LogP contribution < -0.4 is 15.4 Å². The Morgan fingerprint density at radius 2 is 1.88 bits per heavy atom. The number of hydrogen-bond acceptors (Lipinski definition) is 4. The van der Waals surface area contributed by atoms with Gasteiger partial charge in [0, 0.05) is 20.2 Å². The van der Waals surface area contributed by atoms with E-state index in [4.69, 9.17) is 9.47 Å². The molecule has 1 aromatic heterocycles. The zero-order chi connectivity index (χ0) is 17.0. The molecule has 0 fully saturated rings. The molecule has 2 N–H and O–H groups in total. The Balaban J connectivity index is 0.00000312. The fraction of sp³-hybridized carbons (Fsp3) is 0.389. The van der Waals surface area contributed by atoms with Gasteiger partial charge in [-0.1, -0.05) is 12.1 Å². The average Bonchev–Trinajstić information content (AvgIpc) is 3.12. The van der Waals surface area contributed by atoms with Crippen molar-refractivity contribution in [3.8, 4) is 5.75 Å². The lowest BCUT2D eigenvalue weighted by Gasteiger charge is -2.12. The second-order valence-corrected chi connectivity index (χ2v) is 5.95. The molecule has 0 bridgehead atoms. The van der Waals surface area contributed by atoms with Gasteiger partial charge in [0.05, 0.1) is 13.2 Å². The van der Waals surface area contributed by atoms with Crippen LogP contribution in [0.5, 0.6) is 5.75 Å². The SMILES string of the molecule is CCNC(=NCc1ccsc1)NCc1ccc(OCCOC)cc1.I. The number of guanidine groups is 1. The van der Waals surface area contributed by atoms with Gasteiger partial charge in [-0.25, -0.2) is 4.99 Å². The largest absolute Gasteiger partial charge is 0.491 e. The van der Waals surface area contributed by atoms with Crippen LogP contribution in [0.1, 0.15) is 18.1 Å². The molecular formula is C18H26IN3O2S. The molecule has 0 atom stereocenters. The fourth-order valence-electron chi connectivity index (χ4n) is 2.03. The Hall–Kier alpha value is -1.32. The van der Waals surface area contributed by atoms with Gasteiger partial charge in [0.15, 0.2) is 5.96 Å². The zero-order valence-corrected chi connectivity index (χ0v) is 17.8. The van der Waals surface area contributed by atoms with Gasteiger partial charge in [-0.2, -0.15) is 11.3 Å². The van der Waals surface area contributed by atoms with Crippen LogP contribution in [-0.4, -0.2) is 32.8 Å². The second-order valence-electron chi connectivity index (χ2n) is 5.17. The number of hydrogen-bond donors (Lipinski definition) is 2. The molecule has 0 radical (unpaired) electrons. The molecule has 0 aliphatic rings. The van der Waals surface area contributed by atoms with Crippen LogP contribution in [0.15, 0.2) is 46.1 Å². The van der Waals surface area contributed by atoms with Gasteiger partial charge in [-0.15, -0.1) is 24.0 Å². The number of nitrogens with one attached hydrogen (secondary N) is 2. The lowest BCUT2D eigenvalue weighted by atomic mass is 10.2. The Bertz CT molecular complexity index is 603. The first-order valence-electron chi connectivity index (χ1n) is 8.05. The number of aliphatic imine (C=N–C) groups is 1. The summed E-state index contributed by atoms with van der Waals surface area (Å²) in [6, 6.07) is 10.2. The van der Waals surface area contributed by atoms with Crippen LogP contribution in [-0.2, 0) is 17.8 Å². The first kappa shape index (κ1) is 21.7. The summed E-state index contributed by atoms with van der Waals surface area (Å²) in [4.78, 5) is 4.60. The van der Waals surface area contributed by atoms with E-state index in [-0.39, 0.29) is 24.0 Å². The summed E-state index contributed by atoms with van der Waals surface area (Å²) in [5.41, 5.74) is 2.41. The van der Waals surface area contributed by atoms with Gasteiger partial charge in [0.2, 0.25) is 0 Å². The summed E-state index contributed by atoms with van der Waals surface area (Å²) in [7, 11) is 1.67. The van der Waals surface area contributed by atoms with E-state index in [9.17, 15) is 0 Å². The molecule has 138 valence electrons. The third-order valence-corrected chi connectivity index (χ3v) is 4.02. The Labute approximate surface area is 170 Å². The van der Waals surface area contributed by atoms with Crippen molar-refractivity contribution in [2.24, 2.45) is 4.99 Å². The standard InChI is InChI=1S/C18H25N3O2S.HI/c1-3-19-18(21-13-16-8-11-24-14-16)20-12-15-4-6-17(7-5-15)23-10-9-22-2;/h4-8,11,14H,3,9-10,12-13H2,1-2H3,(H2,19,20,21);1H. The molecule has 5 nitrogen and oxygen atoms in total. The molecule has 2 aromatic rings. The maximum absolute atomic E-state index is 5.56. The monoisotopic (exact) mass is 475 g/mol. The average molecular weight is 475 g/mol. The summed E-state index contributed by atoms with van der Waals surface area (Å²) in [6.45, 7) is 5.46. The first-order valence-corrected chi connectivity index (χ1v) is 9.00. The molecular weight excluding hydrogens is 449 g/mol. The van der Waals surface area contributed by atoms with Crippen molar-refractivity contribution >= 4 is 41.3 Å². The summed E-state index contributed by atoms with van der Waals surface area (Å²) in [5, 5.41) is 10.8. The number of benzene rings is 1. The molecule has 0 aliphatic carbocycles. The van der Waals surface area contributed by atoms with Gasteiger partial charge in [0.25, 0.3) is 0 Å². The van der Waals surface area contributed by atoms with E-state index >= 15 is 0 Å². The van der Waals surface area contributed by atoms with Crippen molar-refractivity contribution in [2.75, 3.05) is 26.9 Å². The van der Waals surface area contributed by atoms with Crippen molar-refractivity contribution in [1.82, 2.24) is 10.6 Å². The van der Waals surface area contributed by atoms with Crippen LogP contribution in [0.25, 0.3) is 0 Å². The van der Waals surface area contributed by atoms with E-state index in [1.54, 1.807) is 18.4 Å². The quantitative estimate of drug-likeness (QED) is 0.252. The topological polar surface area (TPSA) is 54.9 Å². The highest BCUT2D eigenvalue weighted by molar-refractivity contribution is 14.0. The van der Waals surface area contributed by atoms with Crippen molar-refractivity contribution in [3.05, 3.63) is 52.2 Å². The van der Waals surface area contributed by atoms with Crippen LogP contribution in [0, 0.1) is 0 Å². The summed E-state index contributed by atoms with van der Waals surface area (Å²) in [5.74, 6) is 1.68. The highest BCUT2D eigenvalue weighted by Gasteiger charge is 2.00. The Morgan fingerprint density at radius 1 is 1.08 bits per heavy atom. The third-order valence-electron chi connectivity index (χ3n) is 3.28. The fourth-order valence-corrected chi connectivity index (χ4v) is 2.69. The molecule has 1 heterocycles. The van der Waals surface area contributed by atoms with Crippen molar-refractivity contribution in [2.45, 2.75) is 20.0 Å². The van der Waals surface area contributed by atoms with Gasteiger partial charge in [-0.3, -0.25) is 0 Å². The van der Waals surface area contributed by atoms with Crippen molar-refractivity contribution in [3.63, 3.8) is 0 Å². The first-order chi connectivity index (χ1) is 11.8. The Kier molecular flexibility index (Phi) is 11.3. The van der Waals surface area contributed by atoms with E-state index in [0.717, 1.165) is 18.3 Å². The number of halogens is 1. The minimum atomic E-state index is 0. The van der Waals surface area contributed by atoms with Crippen LogP contribution >= 0.6 is 35.3 Å². The number of nitrogens with zero attached hydrogens (tertiary/aromatic N) is 1. The third kappa shape index (κ3) is 8.55. The maximum Gasteiger partial charge on any atom is 0.191 e. The Morgan fingerprint density at radius 3 is 2.52 bits per heavy atom. The van der Waals surface area contributed by atoms with Crippen molar-refractivity contribution in [1.29, 1.82) is 0 Å². The lowest BCUT2D eigenvalue weighted by molar-refractivity contribution is 0.146. The minimum absolute atomic E-state index is 0. The van der Waals surface area contributed by atoms with Gasteiger partial charge < -0.3 is 20.1 Å². The minimum Gasteiger partial charge on any atom is -0.491 e. The normalized spacial score (nSPS) is 10.9. The summed E-state index contributed by atoms with van der Waals surface area (Å²) in [6.07, 6.45) is 0. The van der Waals surface area contributed by atoms with Gasteiger partial charge in [0.1, 0.15) is 12.4 Å². The van der Waals surface area contributed by atoms with E-state index < -0.39 is 0 Å². The highest BCUT2D eigenvalue weighted by Crippen LogP contribution is 2.12. The summed E-state index contributed by atoms with van der Waals surface area (Å²) >= 11 is 1.69. The molecule has 2 rings (SSSR count). The van der Waals surface area contributed by atoms with E-state index in [1.165, 1.54) is 11.1 Å². The van der Waals surface area contributed by atoms with Crippen LogP contribution in [0.4, 0.5) is 0 Å². The van der Waals surface area contributed by atoms with Crippen LogP contribution in [0.2, 0.25) is 0 Å². The molecule has 0 saturated heterocycles. The maximum atomic E-state index is 5.56. The van der Waals surface area contributed by atoms with Gasteiger partial charge >= 0.3 is 0 Å².